The van der Waals surface area contributed by atoms with E-state index >= 15 is 0 Å². The fourth-order valence-corrected chi connectivity index (χ4v) is 1.19. The summed E-state index contributed by atoms with van der Waals surface area (Å²) in [6.07, 6.45) is -0.598. The topological polar surface area (TPSA) is 109 Å². The van der Waals surface area contributed by atoms with Crippen LogP contribution >= 0.6 is 0 Å². The van der Waals surface area contributed by atoms with Gasteiger partial charge in [0.2, 0.25) is 11.8 Å². The van der Waals surface area contributed by atoms with Crippen molar-refractivity contribution in [2.24, 2.45) is 5.73 Å². The third-order valence-corrected chi connectivity index (χ3v) is 1.99. The number of carbonyl (C=O) groups excluding carboxylic acids is 3. The van der Waals surface area contributed by atoms with Crippen LogP contribution in [0.2, 0.25) is 0 Å². The van der Waals surface area contributed by atoms with E-state index in [9.17, 15) is 14.4 Å². The van der Waals surface area contributed by atoms with Crippen molar-refractivity contribution in [3.8, 4) is 0 Å². The van der Waals surface area contributed by atoms with Gasteiger partial charge < -0.3 is 16.2 Å². The van der Waals surface area contributed by atoms with Gasteiger partial charge in [-0.1, -0.05) is 0 Å². The van der Waals surface area contributed by atoms with Gasteiger partial charge in [0.25, 0.3) is 0 Å². The molecular weight excluding hydrogens is 212 g/mol. The number of hydrogen-bond acceptors (Lipinski definition) is 4. The van der Waals surface area contributed by atoms with Crippen molar-refractivity contribution in [2.45, 2.75) is 45.3 Å². The Bertz CT molecular complexity index is 276. The van der Waals surface area contributed by atoms with Crippen LogP contribution in [0.5, 0.6) is 0 Å². The zero-order valence-electron chi connectivity index (χ0n) is 9.53. The summed E-state index contributed by atoms with van der Waals surface area (Å²) in [6, 6.07) is -0.709. The maximum absolute atomic E-state index is 11.3. The third kappa shape index (κ3) is 6.94. The fourth-order valence-electron chi connectivity index (χ4n) is 1.19. The quantitative estimate of drug-likeness (QED) is 0.526. The molecule has 16 heavy (non-hydrogen) atoms. The lowest BCUT2D eigenvalue weighted by Gasteiger charge is -2.15. The van der Waals surface area contributed by atoms with Crippen molar-refractivity contribution < 1.29 is 19.5 Å². The summed E-state index contributed by atoms with van der Waals surface area (Å²) < 4.78 is 0. The summed E-state index contributed by atoms with van der Waals surface area (Å²) in [7, 11) is 0. The molecule has 0 saturated heterocycles. The fraction of sp³-hybridized carbons (Fsp3) is 0.700. The lowest BCUT2D eigenvalue weighted by Crippen LogP contribution is -2.41. The second-order valence-electron chi connectivity index (χ2n) is 3.79. The molecule has 0 spiro atoms. The predicted molar refractivity (Wildman–Crippen MR) is 57.3 cm³/mol. The van der Waals surface area contributed by atoms with Crippen molar-refractivity contribution in [2.75, 3.05) is 0 Å². The molecule has 92 valence electrons. The van der Waals surface area contributed by atoms with Crippen LogP contribution in [-0.2, 0) is 14.4 Å². The lowest BCUT2D eigenvalue weighted by atomic mass is 10.1. The van der Waals surface area contributed by atoms with Crippen LogP contribution in [0, 0.1) is 0 Å². The standard InChI is InChI=1S/C10H18N2O4/c1-6(13)5-10(16)12-8(7(2)14)3-4-9(11)15/h6,8,13H,3-5H2,1-2H3,(H2,11,15)(H,12,16). The molecule has 4 N–H and O–H groups in total. The number of aliphatic hydroxyl groups excluding tert-OH is 1. The largest absolute Gasteiger partial charge is 0.393 e. The Hall–Kier alpha value is -1.43. The molecule has 0 aliphatic heterocycles. The Kier molecular flexibility index (Phi) is 6.32. The molecule has 6 nitrogen and oxygen atoms in total. The summed E-state index contributed by atoms with van der Waals surface area (Å²) in [5, 5.41) is 11.4. The van der Waals surface area contributed by atoms with Gasteiger partial charge in [-0.2, -0.15) is 0 Å². The number of nitrogens with two attached hydrogens (primary N) is 1. The molecule has 0 bridgehead atoms. The normalized spacial score (nSPS) is 13.9. The predicted octanol–water partition coefficient (Wildman–Crippen LogP) is -0.903. The molecule has 0 rings (SSSR count). The maximum Gasteiger partial charge on any atom is 0.223 e. The number of amides is 2. The molecule has 2 unspecified atom stereocenters. The van der Waals surface area contributed by atoms with Gasteiger partial charge in [0.1, 0.15) is 0 Å². The molecule has 0 aliphatic carbocycles. The molecule has 0 saturated carbocycles. The number of nitrogens with one attached hydrogen (secondary N) is 1. The van der Waals surface area contributed by atoms with Crippen LogP contribution in [0.4, 0.5) is 0 Å². The second kappa shape index (κ2) is 6.95. The highest BCUT2D eigenvalue weighted by Crippen LogP contribution is 2.00. The van der Waals surface area contributed by atoms with Crippen LogP contribution in [-0.4, -0.2) is 34.8 Å². The number of rotatable bonds is 7. The highest BCUT2D eigenvalue weighted by atomic mass is 16.3. The Morgan fingerprint density at radius 3 is 2.31 bits per heavy atom. The molecule has 0 aliphatic rings. The molecule has 0 aromatic carbocycles. The minimum absolute atomic E-state index is 0.0409. The van der Waals surface area contributed by atoms with Crippen molar-refractivity contribution in [1.82, 2.24) is 5.32 Å². The van der Waals surface area contributed by atoms with E-state index in [0.717, 1.165) is 0 Å². The van der Waals surface area contributed by atoms with Crippen LogP contribution in [0.25, 0.3) is 0 Å². The number of hydrogen-bond donors (Lipinski definition) is 3. The van der Waals surface area contributed by atoms with E-state index in [0.29, 0.717) is 0 Å². The van der Waals surface area contributed by atoms with E-state index in [1.54, 1.807) is 0 Å². The van der Waals surface area contributed by atoms with Gasteiger partial charge >= 0.3 is 0 Å². The highest BCUT2D eigenvalue weighted by molar-refractivity contribution is 5.88. The van der Waals surface area contributed by atoms with E-state index in [1.165, 1.54) is 13.8 Å². The average Bonchev–Trinajstić information content (AvgIpc) is 2.09. The first-order valence-corrected chi connectivity index (χ1v) is 5.09. The van der Waals surface area contributed by atoms with Crippen LogP contribution in [0.1, 0.15) is 33.1 Å². The molecule has 0 fully saturated rings. The van der Waals surface area contributed by atoms with Gasteiger partial charge in [-0.3, -0.25) is 14.4 Å². The Morgan fingerprint density at radius 1 is 1.38 bits per heavy atom. The second-order valence-corrected chi connectivity index (χ2v) is 3.79. The van der Waals surface area contributed by atoms with E-state index in [1.807, 2.05) is 0 Å². The Balaban J connectivity index is 4.17. The zero-order valence-corrected chi connectivity index (χ0v) is 9.53. The molecule has 2 amide bonds. The molecular formula is C10H18N2O4. The summed E-state index contributed by atoms with van der Waals surface area (Å²) in [6.45, 7) is 2.81. The average molecular weight is 230 g/mol. The number of Topliss-reactive ketones (excluding diaryl/α,β-unsaturated/α-hetero) is 1. The summed E-state index contributed by atoms with van der Waals surface area (Å²) in [4.78, 5) is 33.0. The van der Waals surface area contributed by atoms with Crippen LogP contribution < -0.4 is 11.1 Å². The Morgan fingerprint density at radius 2 is 1.94 bits per heavy atom. The molecule has 0 heterocycles. The minimum Gasteiger partial charge on any atom is -0.393 e. The van der Waals surface area contributed by atoms with Crippen molar-refractivity contribution in [1.29, 1.82) is 0 Å². The maximum atomic E-state index is 11.3. The number of aliphatic hydroxyl groups is 1. The van der Waals surface area contributed by atoms with E-state index < -0.39 is 24.0 Å². The molecule has 2 atom stereocenters. The number of carbonyl (C=O) groups is 3. The third-order valence-electron chi connectivity index (χ3n) is 1.99. The van der Waals surface area contributed by atoms with Gasteiger partial charge in [0.15, 0.2) is 5.78 Å². The first-order valence-electron chi connectivity index (χ1n) is 5.09. The van der Waals surface area contributed by atoms with Gasteiger partial charge in [0.05, 0.1) is 18.6 Å². The van der Waals surface area contributed by atoms with Crippen molar-refractivity contribution in [3.05, 3.63) is 0 Å². The number of primary amides is 1. The summed E-state index contributed by atoms with van der Waals surface area (Å²) in [5.41, 5.74) is 4.95. The van der Waals surface area contributed by atoms with Crippen LogP contribution in [0.3, 0.4) is 0 Å². The molecule has 6 heteroatoms. The van der Waals surface area contributed by atoms with Crippen molar-refractivity contribution in [3.63, 3.8) is 0 Å². The van der Waals surface area contributed by atoms with Gasteiger partial charge in [0, 0.05) is 6.42 Å². The van der Waals surface area contributed by atoms with Crippen molar-refractivity contribution >= 4 is 17.6 Å². The molecule has 0 aromatic heterocycles. The highest BCUT2D eigenvalue weighted by Gasteiger charge is 2.18. The number of ketones is 1. The first-order chi connectivity index (χ1) is 7.32. The molecule has 0 aromatic rings. The summed E-state index contributed by atoms with van der Waals surface area (Å²) >= 11 is 0. The minimum atomic E-state index is -0.760. The lowest BCUT2D eigenvalue weighted by molar-refractivity contribution is -0.128. The first kappa shape index (κ1) is 14.6. The summed E-state index contributed by atoms with van der Waals surface area (Å²) in [5.74, 6) is -1.17. The zero-order chi connectivity index (χ0) is 12.7. The van der Waals surface area contributed by atoms with E-state index in [2.05, 4.69) is 5.32 Å². The SMILES string of the molecule is CC(=O)C(CCC(N)=O)NC(=O)CC(C)O. The van der Waals surface area contributed by atoms with Gasteiger partial charge in [-0.05, 0) is 20.3 Å². The monoisotopic (exact) mass is 230 g/mol. The van der Waals surface area contributed by atoms with Gasteiger partial charge in [-0.25, -0.2) is 0 Å². The smallest absolute Gasteiger partial charge is 0.223 e. The van der Waals surface area contributed by atoms with Gasteiger partial charge in [-0.15, -0.1) is 0 Å². The van der Waals surface area contributed by atoms with Crippen LogP contribution in [0.15, 0.2) is 0 Å². The van der Waals surface area contributed by atoms with E-state index in [-0.39, 0.29) is 25.0 Å². The Labute approximate surface area is 94.2 Å². The molecule has 0 radical (unpaired) electrons. The van der Waals surface area contributed by atoms with E-state index in [4.69, 9.17) is 10.8 Å².